The summed E-state index contributed by atoms with van der Waals surface area (Å²) in [5, 5.41) is 11.5. The molecule has 5 nitrogen and oxygen atoms in total. The van der Waals surface area contributed by atoms with Crippen molar-refractivity contribution in [3.05, 3.63) is 90.6 Å². The van der Waals surface area contributed by atoms with Gasteiger partial charge >= 0.3 is 5.97 Å². The fraction of sp³-hybridized carbons (Fsp3) is 0. The molecule has 0 aliphatic carbocycles. The highest BCUT2D eigenvalue weighted by atomic mass is 16.4. The van der Waals surface area contributed by atoms with Crippen LogP contribution in [0.15, 0.2) is 84.9 Å². The first kappa shape index (κ1) is 16.2. The van der Waals surface area contributed by atoms with Gasteiger partial charge in [0.1, 0.15) is 11.4 Å². The van der Waals surface area contributed by atoms with Crippen LogP contribution in [0.5, 0.6) is 0 Å². The fourth-order valence-electron chi connectivity index (χ4n) is 3.52. The summed E-state index contributed by atoms with van der Waals surface area (Å²) < 4.78 is 2.05. The zero-order chi connectivity index (χ0) is 19.1. The lowest BCUT2D eigenvalue weighted by Gasteiger charge is -2.12. The lowest BCUT2D eigenvalue weighted by molar-refractivity contribution is 0.0690. The lowest BCUT2D eigenvalue weighted by Crippen LogP contribution is -2.04. The van der Waals surface area contributed by atoms with Crippen LogP contribution in [0.3, 0.4) is 0 Å². The summed E-state index contributed by atoms with van der Waals surface area (Å²) >= 11 is 0. The standard InChI is InChI=1S/C23H15N3O2/c27-23(28)19-12-6-11-18(24-19)22-25-17-10-3-4-13-21(17)26(22)20-14-5-8-15-7-1-2-9-16(15)20/h1-14H,(H,27,28). The summed E-state index contributed by atoms with van der Waals surface area (Å²) in [4.78, 5) is 20.5. The van der Waals surface area contributed by atoms with Gasteiger partial charge in [-0.2, -0.15) is 0 Å². The maximum absolute atomic E-state index is 11.4. The molecule has 0 aliphatic rings. The second-order valence-electron chi connectivity index (χ2n) is 6.47. The number of carboxylic acid groups (broad SMARTS) is 1. The van der Waals surface area contributed by atoms with Crippen LogP contribution in [-0.2, 0) is 0 Å². The van der Waals surface area contributed by atoms with Crippen LogP contribution in [0, 0.1) is 0 Å². The number of hydrogen-bond donors (Lipinski definition) is 1. The van der Waals surface area contributed by atoms with Crippen LogP contribution in [0.2, 0.25) is 0 Å². The van der Waals surface area contributed by atoms with Gasteiger partial charge < -0.3 is 5.11 Å². The normalized spacial score (nSPS) is 11.1. The minimum atomic E-state index is -1.06. The smallest absolute Gasteiger partial charge is 0.354 e. The molecule has 0 atom stereocenters. The number of benzene rings is 3. The average Bonchev–Trinajstić information content (AvgIpc) is 3.13. The van der Waals surface area contributed by atoms with Gasteiger partial charge in [-0.1, -0.05) is 54.6 Å². The maximum Gasteiger partial charge on any atom is 0.354 e. The van der Waals surface area contributed by atoms with Crippen LogP contribution in [-0.4, -0.2) is 25.6 Å². The molecule has 0 saturated carbocycles. The molecule has 5 rings (SSSR count). The van der Waals surface area contributed by atoms with Gasteiger partial charge in [0.2, 0.25) is 0 Å². The van der Waals surface area contributed by atoms with Crippen LogP contribution in [0.1, 0.15) is 10.5 Å². The summed E-state index contributed by atoms with van der Waals surface area (Å²) in [6.45, 7) is 0. The van der Waals surface area contributed by atoms with E-state index in [2.05, 4.69) is 23.2 Å². The second-order valence-corrected chi connectivity index (χ2v) is 6.47. The molecule has 0 amide bonds. The van der Waals surface area contributed by atoms with Crippen molar-refractivity contribution < 1.29 is 9.90 Å². The molecule has 0 bridgehead atoms. The average molecular weight is 365 g/mol. The molecule has 28 heavy (non-hydrogen) atoms. The van der Waals surface area contributed by atoms with E-state index in [1.165, 1.54) is 6.07 Å². The zero-order valence-corrected chi connectivity index (χ0v) is 14.8. The Balaban J connectivity index is 1.87. The third kappa shape index (κ3) is 2.53. The van der Waals surface area contributed by atoms with Gasteiger partial charge in [0.25, 0.3) is 0 Å². The number of rotatable bonds is 3. The molecule has 5 aromatic rings. The summed E-state index contributed by atoms with van der Waals surface area (Å²) in [5.74, 6) is -0.449. The van der Waals surface area contributed by atoms with E-state index in [1.807, 2.05) is 53.1 Å². The molecule has 2 heterocycles. The first-order valence-electron chi connectivity index (χ1n) is 8.89. The van der Waals surface area contributed by atoms with Crippen molar-refractivity contribution in [3.63, 3.8) is 0 Å². The van der Waals surface area contributed by atoms with Crippen molar-refractivity contribution in [1.29, 1.82) is 0 Å². The van der Waals surface area contributed by atoms with E-state index in [4.69, 9.17) is 4.98 Å². The molecule has 1 N–H and O–H groups in total. The Kier molecular flexibility index (Phi) is 3.66. The molecule has 0 spiro atoms. The molecule has 0 fully saturated rings. The van der Waals surface area contributed by atoms with Gasteiger partial charge in [-0.25, -0.2) is 14.8 Å². The lowest BCUT2D eigenvalue weighted by atomic mass is 10.1. The van der Waals surface area contributed by atoms with E-state index in [1.54, 1.807) is 12.1 Å². The Hall–Kier alpha value is -3.99. The van der Waals surface area contributed by atoms with E-state index in [9.17, 15) is 9.90 Å². The topological polar surface area (TPSA) is 68.0 Å². The molecule has 134 valence electrons. The monoisotopic (exact) mass is 365 g/mol. The number of carboxylic acids is 1. The number of pyridine rings is 1. The largest absolute Gasteiger partial charge is 0.477 e. The van der Waals surface area contributed by atoms with Crippen molar-refractivity contribution in [2.24, 2.45) is 0 Å². The van der Waals surface area contributed by atoms with E-state index in [-0.39, 0.29) is 5.69 Å². The van der Waals surface area contributed by atoms with Gasteiger partial charge in [-0.15, -0.1) is 0 Å². The maximum atomic E-state index is 11.4. The highest BCUT2D eigenvalue weighted by Gasteiger charge is 2.18. The Bertz CT molecular complexity index is 1350. The zero-order valence-electron chi connectivity index (χ0n) is 14.8. The van der Waals surface area contributed by atoms with Crippen molar-refractivity contribution in [2.45, 2.75) is 0 Å². The number of nitrogens with zero attached hydrogens (tertiary/aromatic N) is 3. The number of para-hydroxylation sites is 2. The Morgan fingerprint density at radius 2 is 1.54 bits per heavy atom. The minimum Gasteiger partial charge on any atom is -0.477 e. The van der Waals surface area contributed by atoms with Gasteiger partial charge in [0, 0.05) is 5.39 Å². The molecular weight excluding hydrogens is 350 g/mol. The molecule has 0 unspecified atom stereocenters. The van der Waals surface area contributed by atoms with Crippen molar-refractivity contribution in [2.75, 3.05) is 0 Å². The van der Waals surface area contributed by atoms with Crippen molar-refractivity contribution in [1.82, 2.24) is 14.5 Å². The highest BCUT2D eigenvalue weighted by Crippen LogP contribution is 2.31. The van der Waals surface area contributed by atoms with Gasteiger partial charge in [-0.3, -0.25) is 4.57 Å². The van der Waals surface area contributed by atoms with Crippen LogP contribution >= 0.6 is 0 Å². The quantitative estimate of drug-likeness (QED) is 0.492. The molecule has 0 saturated heterocycles. The fourth-order valence-corrected chi connectivity index (χ4v) is 3.52. The van der Waals surface area contributed by atoms with E-state index in [0.29, 0.717) is 11.5 Å². The number of carbonyl (C=O) groups is 1. The SMILES string of the molecule is O=C(O)c1cccc(-c2nc3ccccc3n2-c2cccc3ccccc23)n1. The Morgan fingerprint density at radius 3 is 2.43 bits per heavy atom. The van der Waals surface area contributed by atoms with Gasteiger partial charge in [0.05, 0.1) is 16.7 Å². The predicted molar refractivity (Wildman–Crippen MR) is 109 cm³/mol. The number of imidazole rings is 1. The molecule has 5 heteroatoms. The molecule has 3 aromatic carbocycles. The van der Waals surface area contributed by atoms with E-state index in [0.717, 1.165) is 27.5 Å². The van der Waals surface area contributed by atoms with Crippen molar-refractivity contribution in [3.8, 4) is 17.2 Å². The van der Waals surface area contributed by atoms with Crippen LogP contribution < -0.4 is 0 Å². The third-order valence-electron chi connectivity index (χ3n) is 4.77. The molecular formula is C23H15N3O2. The Labute approximate surface area is 160 Å². The Morgan fingerprint density at radius 1 is 0.786 bits per heavy atom. The summed E-state index contributed by atoms with van der Waals surface area (Å²) in [6, 6.07) is 27.1. The first-order valence-corrected chi connectivity index (χ1v) is 8.89. The first-order chi connectivity index (χ1) is 13.7. The van der Waals surface area contributed by atoms with Crippen molar-refractivity contribution >= 4 is 27.8 Å². The minimum absolute atomic E-state index is 0.00553. The summed E-state index contributed by atoms with van der Waals surface area (Å²) in [7, 11) is 0. The number of aromatic nitrogens is 3. The van der Waals surface area contributed by atoms with E-state index >= 15 is 0 Å². The van der Waals surface area contributed by atoms with E-state index < -0.39 is 5.97 Å². The van der Waals surface area contributed by atoms with Crippen LogP contribution in [0.25, 0.3) is 39.0 Å². The van der Waals surface area contributed by atoms with Gasteiger partial charge in [0.15, 0.2) is 5.82 Å². The third-order valence-corrected chi connectivity index (χ3v) is 4.77. The predicted octanol–water partition coefficient (Wildman–Crippen LogP) is 4.94. The number of aromatic carboxylic acids is 1. The molecule has 0 radical (unpaired) electrons. The summed E-state index contributed by atoms with van der Waals surface area (Å²) in [6.07, 6.45) is 0. The number of hydrogen-bond acceptors (Lipinski definition) is 3. The van der Waals surface area contributed by atoms with Crippen LogP contribution in [0.4, 0.5) is 0 Å². The second kappa shape index (κ2) is 6.32. The molecule has 0 aliphatic heterocycles. The highest BCUT2D eigenvalue weighted by molar-refractivity contribution is 5.94. The summed E-state index contributed by atoms with van der Waals surface area (Å²) in [5.41, 5.74) is 3.26. The number of fused-ring (bicyclic) bond motifs is 2. The van der Waals surface area contributed by atoms with Gasteiger partial charge in [-0.05, 0) is 35.7 Å². The molecule has 2 aromatic heterocycles.